The zero-order valence-electron chi connectivity index (χ0n) is 41.8. The molecule has 3 aliphatic carbocycles. The Morgan fingerprint density at radius 3 is 1.41 bits per heavy atom. The number of hydrogen-bond donors (Lipinski definition) is 17. The largest absolute Gasteiger partial charge is 0.432 e. The Labute approximate surface area is 436 Å². The summed E-state index contributed by atoms with van der Waals surface area (Å²) in [7, 11) is 0. The quantitative estimate of drug-likeness (QED) is 0.0535. The van der Waals surface area contributed by atoms with Gasteiger partial charge in [0, 0.05) is 0 Å². The number of aliphatic hydroxyl groups excluding tert-OH is 17. The predicted molar refractivity (Wildman–Crippen MR) is 245 cm³/mol. The van der Waals surface area contributed by atoms with Crippen LogP contribution >= 0.6 is 0 Å². The normalized spacial score (nSPS) is 52.3. The van der Waals surface area contributed by atoms with Crippen LogP contribution in [0, 0.1) is 29.1 Å². The summed E-state index contributed by atoms with van der Waals surface area (Å²) in [6.07, 6.45) is -40.8. The molecule has 8 fully saturated rings. The second-order valence-electron chi connectivity index (χ2n) is 21.9. The van der Waals surface area contributed by atoms with E-state index >= 15 is 0 Å². The third-order valence-electron chi connectivity index (χ3n) is 17.3. The van der Waals surface area contributed by atoms with Crippen LogP contribution < -0.4 is 0 Å². The van der Waals surface area contributed by atoms with Crippen molar-refractivity contribution >= 4 is 5.97 Å². The fraction of sp³-hybridized carbons (Fsp3) is 0.938. The first-order valence-electron chi connectivity index (χ1n) is 26.1. The number of carbonyl (C=O) groups is 1. The summed E-state index contributed by atoms with van der Waals surface area (Å²) in [6, 6.07) is 0. The number of aliphatic hydroxyl groups is 17. The lowest BCUT2D eigenvalue weighted by atomic mass is 9.52. The van der Waals surface area contributed by atoms with Gasteiger partial charge in [0.15, 0.2) is 31.3 Å². The van der Waals surface area contributed by atoms with Gasteiger partial charge in [-0.15, -0.1) is 0 Å². The lowest BCUT2D eigenvalue weighted by Gasteiger charge is -2.53. The number of esters is 1. The molecule has 0 radical (unpaired) electrons. The Morgan fingerprint density at radius 2 is 0.908 bits per heavy atom. The van der Waals surface area contributed by atoms with Crippen LogP contribution in [0.25, 0.3) is 0 Å². The first kappa shape index (κ1) is 60.3. The Bertz CT molecular complexity index is 1900. The second-order valence-corrected chi connectivity index (χ2v) is 21.9. The van der Waals surface area contributed by atoms with Gasteiger partial charge in [0.05, 0.1) is 44.6 Å². The molecule has 5 aliphatic heterocycles. The fourth-order valence-electron chi connectivity index (χ4n) is 12.9. The van der Waals surface area contributed by atoms with Crippen LogP contribution in [0.1, 0.15) is 58.3 Å². The molecule has 28 heteroatoms. The summed E-state index contributed by atoms with van der Waals surface area (Å²) in [6.45, 7) is 2.04. The third kappa shape index (κ3) is 11.6. The van der Waals surface area contributed by atoms with Crippen molar-refractivity contribution < 1.29 is 139 Å². The Balaban J connectivity index is 1.01. The van der Waals surface area contributed by atoms with Crippen LogP contribution in [0.15, 0.2) is 12.2 Å². The van der Waals surface area contributed by atoms with Crippen LogP contribution in [-0.2, 0) is 52.2 Å². The summed E-state index contributed by atoms with van der Waals surface area (Å²) in [5.41, 5.74) is -0.558. The molecule has 29 unspecified atom stereocenters. The van der Waals surface area contributed by atoms with Crippen LogP contribution in [0.2, 0.25) is 0 Å². The molecule has 17 N–H and O–H groups in total. The standard InChI is InChI=1S/C48H78O28/c1-16-10-17-5-7-20-19(4-3-9-48(20,2)47(66)76-45-40(35(62)30(57)25(14-52)71-45)74-43-37(64)33(60)28(55)23(12-50)69-43)18(17)6-8-21(16)67-46-41(75-44-38(65)34(61)29(56)24(13-51)70-44)39(31(58)26(15-53)72-46)73-42-36(63)32(59)27(54)22(11-49)68-42/h17-46,49-65H,1,3-15H2,2H3/t17?,18-,19?,20?,21?,22?,23?,24?,25?,26?,27?,28?,29?,30?,31?,32?,33?,34?,35?,36?,37?,38?,39?,40?,41?,42?,43?,44?,45?,46?,48-/m1/s1. The van der Waals surface area contributed by atoms with Gasteiger partial charge in [0.2, 0.25) is 6.29 Å². The van der Waals surface area contributed by atoms with Gasteiger partial charge in [0.25, 0.3) is 0 Å². The Kier molecular flexibility index (Phi) is 19.9. The molecule has 8 rings (SSSR count). The van der Waals surface area contributed by atoms with E-state index < -0.39 is 204 Å². The number of carbonyl (C=O) groups excluding carboxylic acids is 1. The molecule has 0 aromatic heterocycles. The molecular weight excluding hydrogens is 1020 g/mol. The van der Waals surface area contributed by atoms with Crippen molar-refractivity contribution in [1.29, 1.82) is 0 Å². The Morgan fingerprint density at radius 1 is 0.474 bits per heavy atom. The van der Waals surface area contributed by atoms with E-state index in [0.717, 1.165) is 6.42 Å². The molecule has 0 spiro atoms. The molecule has 28 nitrogen and oxygen atoms in total. The van der Waals surface area contributed by atoms with E-state index in [9.17, 15) is 91.6 Å². The average molecular weight is 1100 g/mol. The van der Waals surface area contributed by atoms with Crippen LogP contribution in [0.5, 0.6) is 0 Å². The van der Waals surface area contributed by atoms with Crippen molar-refractivity contribution in [2.75, 3.05) is 33.0 Å². The minimum absolute atomic E-state index is 0.0248. The fourth-order valence-corrected chi connectivity index (χ4v) is 12.9. The topological polar surface area (TPSA) is 453 Å². The van der Waals surface area contributed by atoms with Crippen molar-refractivity contribution in [2.24, 2.45) is 29.1 Å². The molecule has 3 saturated carbocycles. The monoisotopic (exact) mass is 1100 g/mol. The molecule has 0 bridgehead atoms. The Hall–Kier alpha value is -1.83. The first-order valence-corrected chi connectivity index (χ1v) is 26.1. The highest BCUT2D eigenvalue weighted by Crippen LogP contribution is 2.58. The van der Waals surface area contributed by atoms with Gasteiger partial charge in [-0.1, -0.05) is 13.0 Å². The minimum atomic E-state index is -1.99. The maximum atomic E-state index is 14.7. The van der Waals surface area contributed by atoms with E-state index in [1.54, 1.807) is 6.92 Å². The van der Waals surface area contributed by atoms with Crippen molar-refractivity contribution in [3.8, 4) is 0 Å². The van der Waals surface area contributed by atoms with Gasteiger partial charge in [0.1, 0.15) is 116 Å². The highest BCUT2D eigenvalue weighted by atomic mass is 16.8. The molecule has 0 aromatic carbocycles. The molecule has 8 aliphatic rings. The van der Waals surface area contributed by atoms with Crippen LogP contribution in [-0.4, -0.2) is 285 Å². The zero-order chi connectivity index (χ0) is 55.2. The van der Waals surface area contributed by atoms with E-state index in [4.69, 9.17) is 47.4 Å². The highest BCUT2D eigenvalue weighted by molar-refractivity contribution is 5.77. The summed E-state index contributed by atoms with van der Waals surface area (Å²) < 4.78 is 59.3. The second kappa shape index (κ2) is 25.1. The lowest BCUT2D eigenvalue weighted by molar-refractivity contribution is -0.394. The van der Waals surface area contributed by atoms with E-state index in [2.05, 4.69) is 6.58 Å². The molecule has 0 aromatic rings. The number of rotatable bonds is 15. The SMILES string of the molecule is C=C1CC2CCC3C(CCC[C@@]3(C)C(=O)OC3OC(CO)C(O)C(O)C3OC3OC(CO)C(O)C(O)C3O)[C@@H]2CCC1OC1OC(CO)C(O)C(OC2OC(CO)C(O)C(O)C2O)C1OC1OC(CO)C(O)C(O)C1O. The molecule has 0 amide bonds. The molecule has 438 valence electrons. The van der Waals surface area contributed by atoms with Crippen molar-refractivity contribution in [2.45, 2.75) is 218 Å². The maximum Gasteiger partial charge on any atom is 0.314 e. The zero-order valence-corrected chi connectivity index (χ0v) is 41.8. The van der Waals surface area contributed by atoms with Gasteiger partial charge < -0.3 is 134 Å². The van der Waals surface area contributed by atoms with E-state index in [1.165, 1.54) is 0 Å². The van der Waals surface area contributed by atoms with Crippen molar-refractivity contribution in [3.63, 3.8) is 0 Å². The van der Waals surface area contributed by atoms with Gasteiger partial charge in [-0.25, -0.2) is 0 Å². The number of fused-ring (bicyclic) bond motifs is 3. The van der Waals surface area contributed by atoms with Gasteiger partial charge in [-0.3, -0.25) is 4.79 Å². The average Bonchev–Trinajstić information content (AvgIpc) is 3.58. The molecular formula is C48H78O28. The summed E-state index contributed by atoms with van der Waals surface area (Å²) in [4.78, 5) is 14.7. The third-order valence-corrected chi connectivity index (χ3v) is 17.3. The lowest BCUT2D eigenvalue weighted by Crippen LogP contribution is -2.67. The van der Waals surface area contributed by atoms with Crippen LogP contribution in [0.3, 0.4) is 0 Å². The first-order chi connectivity index (χ1) is 36.1. The number of ether oxygens (including phenoxy) is 10. The molecule has 5 saturated heterocycles. The van der Waals surface area contributed by atoms with E-state index in [0.29, 0.717) is 44.1 Å². The van der Waals surface area contributed by atoms with E-state index in [1.807, 2.05) is 0 Å². The minimum Gasteiger partial charge on any atom is -0.432 e. The highest BCUT2D eigenvalue weighted by Gasteiger charge is 2.59. The summed E-state index contributed by atoms with van der Waals surface area (Å²) in [5, 5.41) is 179. The molecule has 5 heterocycles. The number of hydrogen-bond acceptors (Lipinski definition) is 28. The smallest absolute Gasteiger partial charge is 0.314 e. The van der Waals surface area contributed by atoms with Gasteiger partial charge in [-0.05, 0) is 81.1 Å². The summed E-state index contributed by atoms with van der Waals surface area (Å²) in [5.74, 6) is -1.08. The summed E-state index contributed by atoms with van der Waals surface area (Å²) >= 11 is 0. The predicted octanol–water partition coefficient (Wildman–Crippen LogP) is -7.82. The maximum absolute atomic E-state index is 14.7. The molecule has 31 atom stereocenters. The van der Waals surface area contributed by atoms with Crippen molar-refractivity contribution in [3.05, 3.63) is 12.2 Å². The van der Waals surface area contributed by atoms with Gasteiger partial charge >= 0.3 is 5.97 Å². The van der Waals surface area contributed by atoms with Crippen LogP contribution in [0.4, 0.5) is 0 Å². The molecule has 76 heavy (non-hydrogen) atoms. The van der Waals surface area contributed by atoms with Gasteiger partial charge in [-0.2, -0.15) is 0 Å². The van der Waals surface area contributed by atoms with Crippen molar-refractivity contribution in [1.82, 2.24) is 0 Å². The van der Waals surface area contributed by atoms with E-state index in [-0.39, 0.29) is 30.1 Å².